The molecule has 0 radical (unpaired) electrons. The molecule has 0 fully saturated rings. The molecule has 1 aliphatic heterocycles. The highest BCUT2D eigenvalue weighted by Crippen LogP contribution is 2.24. The minimum atomic E-state index is -0.506. The monoisotopic (exact) mass is 204 g/mol. The summed E-state index contributed by atoms with van der Waals surface area (Å²) in [7, 11) is 0. The molecule has 1 atom stereocenters. The zero-order valence-electron chi connectivity index (χ0n) is 8.41. The molecule has 0 bridgehead atoms. The van der Waals surface area contributed by atoms with Crippen molar-refractivity contribution in [2.24, 2.45) is 5.73 Å². The smallest absolute Gasteiger partial charge is 0.228 e. The first-order chi connectivity index (χ1) is 7.08. The molecular weight excluding hydrogens is 192 g/mol. The van der Waals surface area contributed by atoms with Crippen molar-refractivity contribution in [1.82, 2.24) is 0 Å². The Bertz CT molecular complexity index is 438. The molecule has 3 N–H and O–H groups in total. The number of amides is 1. The lowest BCUT2D eigenvalue weighted by Crippen LogP contribution is -2.26. The van der Waals surface area contributed by atoms with Gasteiger partial charge in [-0.25, -0.2) is 0 Å². The zero-order chi connectivity index (χ0) is 11.0. The Morgan fingerprint density at radius 3 is 2.93 bits per heavy atom. The van der Waals surface area contributed by atoms with Gasteiger partial charge in [0, 0.05) is 11.3 Å². The van der Waals surface area contributed by atoms with E-state index in [9.17, 15) is 9.59 Å². The van der Waals surface area contributed by atoms with Crippen LogP contribution in [0.2, 0.25) is 0 Å². The van der Waals surface area contributed by atoms with Crippen LogP contribution in [-0.2, 0) is 11.2 Å². The van der Waals surface area contributed by atoms with Gasteiger partial charge in [0.15, 0.2) is 5.78 Å². The highest BCUT2D eigenvalue weighted by atomic mass is 16.1. The molecule has 15 heavy (non-hydrogen) atoms. The van der Waals surface area contributed by atoms with E-state index < -0.39 is 6.04 Å². The van der Waals surface area contributed by atoms with Gasteiger partial charge in [0.05, 0.1) is 12.5 Å². The summed E-state index contributed by atoms with van der Waals surface area (Å²) < 4.78 is 0. The minimum absolute atomic E-state index is 0.0320. The van der Waals surface area contributed by atoms with Gasteiger partial charge in [-0.1, -0.05) is 0 Å². The summed E-state index contributed by atoms with van der Waals surface area (Å²) in [6, 6.07) is 4.67. The van der Waals surface area contributed by atoms with Gasteiger partial charge in [-0.2, -0.15) is 0 Å². The maximum Gasteiger partial charge on any atom is 0.228 e. The maximum atomic E-state index is 11.6. The first kappa shape index (κ1) is 9.86. The summed E-state index contributed by atoms with van der Waals surface area (Å²) in [5, 5.41) is 2.71. The Balaban J connectivity index is 2.35. The van der Waals surface area contributed by atoms with Gasteiger partial charge in [-0.05, 0) is 30.7 Å². The van der Waals surface area contributed by atoms with Crippen molar-refractivity contribution >= 4 is 17.4 Å². The number of carbonyl (C=O) groups is 2. The number of anilines is 1. The number of benzene rings is 1. The van der Waals surface area contributed by atoms with E-state index in [0.29, 0.717) is 12.0 Å². The lowest BCUT2D eigenvalue weighted by atomic mass is 10.0. The second-order valence-corrected chi connectivity index (χ2v) is 3.75. The van der Waals surface area contributed by atoms with Crippen LogP contribution in [0.4, 0.5) is 5.69 Å². The van der Waals surface area contributed by atoms with Crippen molar-refractivity contribution in [3.05, 3.63) is 29.3 Å². The fraction of sp³-hybridized carbons (Fsp3) is 0.273. The molecule has 0 spiro atoms. The highest BCUT2D eigenvalue weighted by Gasteiger charge is 2.19. The number of hydrogen-bond acceptors (Lipinski definition) is 3. The minimum Gasteiger partial charge on any atom is -0.326 e. The fourth-order valence-electron chi connectivity index (χ4n) is 1.65. The summed E-state index contributed by atoms with van der Waals surface area (Å²) in [6.07, 6.45) is 0.343. The van der Waals surface area contributed by atoms with Crippen LogP contribution in [0.1, 0.15) is 22.8 Å². The van der Waals surface area contributed by atoms with Crippen LogP contribution >= 0.6 is 0 Å². The Hall–Kier alpha value is -1.68. The molecule has 1 aromatic rings. The number of hydrogen-bond donors (Lipinski definition) is 2. The summed E-state index contributed by atoms with van der Waals surface area (Å²) in [4.78, 5) is 22.7. The molecule has 4 nitrogen and oxygen atoms in total. The molecule has 0 saturated heterocycles. The number of fused-ring (bicyclic) bond motifs is 1. The van der Waals surface area contributed by atoms with Crippen molar-refractivity contribution in [1.29, 1.82) is 0 Å². The summed E-state index contributed by atoms with van der Waals surface area (Å²) in [5.41, 5.74) is 7.74. The second kappa shape index (κ2) is 3.47. The molecule has 1 aliphatic rings. The van der Waals surface area contributed by atoms with Crippen molar-refractivity contribution in [3.8, 4) is 0 Å². The number of nitrogens with two attached hydrogens (primary N) is 1. The second-order valence-electron chi connectivity index (χ2n) is 3.75. The van der Waals surface area contributed by atoms with Gasteiger partial charge in [0.2, 0.25) is 5.91 Å². The van der Waals surface area contributed by atoms with E-state index >= 15 is 0 Å². The van der Waals surface area contributed by atoms with E-state index in [-0.39, 0.29) is 11.7 Å². The van der Waals surface area contributed by atoms with E-state index in [0.717, 1.165) is 11.3 Å². The number of ketones is 1. The van der Waals surface area contributed by atoms with Crippen LogP contribution in [0.5, 0.6) is 0 Å². The van der Waals surface area contributed by atoms with Crippen molar-refractivity contribution < 1.29 is 9.59 Å². The number of nitrogens with one attached hydrogen (secondary N) is 1. The Morgan fingerprint density at radius 1 is 1.53 bits per heavy atom. The molecular formula is C11H12N2O2. The molecule has 0 aliphatic carbocycles. The normalized spacial score (nSPS) is 15.7. The molecule has 1 amide bonds. The standard InChI is InChI=1S/C11H12N2O2/c1-6(12)11(15)7-2-3-9-8(4-7)5-10(14)13-9/h2-4,6H,5,12H2,1H3,(H,13,14). The first-order valence-corrected chi connectivity index (χ1v) is 4.80. The van der Waals surface area contributed by atoms with Crippen LogP contribution in [0.25, 0.3) is 0 Å². The predicted octanol–water partition coefficient (Wildman–Crippen LogP) is 0.711. The van der Waals surface area contributed by atoms with Crippen LogP contribution in [0, 0.1) is 0 Å². The van der Waals surface area contributed by atoms with Crippen LogP contribution in [0.15, 0.2) is 18.2 Å². The molecule has 2 rings (SSSR count). The predicted molar refractivity (Wildman–Crippen MR) is 56.8 cm³/mol. The fourth-order valence-corrected chi connectivity index (χ4v) is 1.65. The highest BCUT2D eigenvalue weighted by molar-refractivity contribution is 6.03. The lowest BCUT2D eigenvalue weighted by molar-refractivity contribution is -0.115. The topological polar surface area (TPSA) is 72.2 Å². The third kappa shape index (κ3) is 1.76. The van der Waals surface area contributed by atoms with Gasteiger partial charge in [0.25, 0.3) is 0 Å². The Morgan fingerprint density at radius 2 is 2.27 bits per heavy atom. The van der Waals surface area contributed by atoms with Crippen molar-refractivity contribution in [3.63, 3.8) is 0 Å². The third-order valence-electron chi connectivity index (χ3n) is 2.43. The quantitative estimate of drug-likeness (QED) is 0.697. The van der Waals surface area contributed by atoms with Crippen LogP contribution < -0.4 is 11.1 Å². The van der Waals surface area contributed by atoms with Gasteiger partial charge in [0.1, 0.15) is 0 Å². The van der Waals surface area contributed by atoms with Gasteiger partial charge in [-0.3, -0.25) is 9.59 Å². The average molecular weight is 204 g/mol. The summed E-state index contributed by atoms with van der Waals surface area (Å²) in [5.74, 6) is -0.132. The average Bonchev–Trinajstić information content (AvgIpc) is 2.55. The van der Waals surface area contributed by atoms with Crippen molar-refractivity contribution in [2.75, 3.05) is 5.32 Å². The molecule has 4 heteroatoms. The molecule has 0 aromatic heterocycles. The SMILES string of the molecule is CC(N)C(=O)c1ccc2c(c1)CC(=O)N2. The summed E-state index contributed by atoms with van der Waals surface area (Å²) in [6.45, 7) is 1.65. The van der Waals surface area contributed by atoms with E-state index in [1.807, 2.05) is 0 Å². The largest absolute Gasteiger partial charge is 0.326 e. The number of rotatable bonds is 2. The maximum absolute atomic E-state index is 11.6. The lowest BCUT2D eigenvalue weighted by Gasteiger charge is -2.05. The molecule has 1 unspecified atom stereocenters. The number of carbonyl (C=O) groups excluding carboxylic acids is 2. The summed E-state index contributed by atoms with van der Waals surface area (Å²) >= 11 is 0. The van der Waals surface area contributed by atoms with E-state index in [2.05, 4.69) is 5.32 Å². The van der Waals surface area contributed by atoms with Gasteiger partial charge in [-0.15, -0.1) is 0 Å². The third-order valence-corrected chi connectivity index (χ3v) is 2.43. The molecule has 78 valence electrons. The Labute approximate surface area is 87.5 Å². The molecule has 1 heterocycles. The van der Waals surface area contributed by atoms with E-state index in [4.69, 9.17) is 5.73 Å². The van der Waals surface area contributed by atoms with E-state index in [1.165, 1.54) is 0 Å². The Kier molecular flexibility index (Phi) is 2.28. The molecule has 1 aromatic carbocycles. The van der Waals surface area contributed by atoms with E-state index in [1.54, 1.807) is 25.1 Å². The first-order valence-electron chi connectivity index (χ1n) is 4.80. The number of Topliss-reactive ketones (excluding diaryl/α,β-unsaturated/α-hetero) is 1. The zero-order valence-corrected chi connectivity index (χ0v) is 8.41. The van der Waals surface area contributed by atoms with Crippen LogP contribution in [-0.4, -0.2) is 17.7 Å². The van der Waals surface area contributed by atoms with Gasteiger partial charge >= 0.3 is 0 Å². The van der Waals surface area contributed by atoms with Crippen LogP contribution in [0.3, 0.4) is 0 Å². The molecule has 0 saturated carbocycles. The van der Waals surface area contributed by atoms with Gasteiger partial charge < -0.3 is 11.1 Å². The van der Waals surface area contributed by atoms with Crippen molar-refractivity contribution in [2.45, 2.75) is 19.4 Å².